The van der Waals surface area contributed by atoms with Crippen molar-refractivity contribution in [2.75, 3.05) is 19.8 Å². The van der Waals surface area contributed by atoms with Crippen LogP contribution in [0.4, 0.5) is 0 Å². The van der Waals surface area contributed by atoms with Crippen LogP contribution in [0, 0.1) is 5.92 Å². The van der Waals surface area contributed by atoms with Gasteiger partial charge in [0.1, 0.15) is 0 Å². The largest absolute Gasteiger partial charge is 0.381 e. The van der Waals surface area contributed by atoms with Crippen LogP contribution in [-0.4, -0.2) is 33.4 Å². The summed E-state index contributed by atoms with van der Waals surface area (Å²) in [7, 11) is -3.25. The topological polar surface area (TPSA) is 55.4 Å². The molecule has 1 aromatic rings. The Hall–Kier alpha value is -0.430. The third-order valence-electron chi connectivity index (χ3n) is 3.56. The fraction of sp³-hybridized carbons (Fsp3) is 0.571. The van der Waals surface area contributed by atoms with Gasteiger partial charge in [-0.2, -0.15) is 0 Å². The van der Waals surface area contributed by atoms with Crippen molar-refractivity contribution in [1.82, 2.24) is 4.72 Å². The van der Waals surface area contributed by atoms with Gasteiger partial charge in [-0.1, -0.05) is 35.0 Å². The first kappa shape index (κ1) is 15.9. The molecule has 2 rings (SSSR count). The van der Waals surface area contributed by atoms with Gasteiger partial charge in [0.25, 0.3) is 0 Å². The van der Waals surface area contributed by atoms with Crippen LogP contribution < -0.4 is 4.72 Å². The number of sulfonamides is 1. The summed E-state index contributed by atoms with van der Waals surface area (Å²) >= 11 is 3.40. The summed E-state index contributed by atoms with van der Waals surface area (Å²) in [5.41, 5.74) is 1.14. The summed E-state index contributed by atoms with van der Waals surface area (Å²) in [4.78, 5) is 0. The maximum absolute atomic E-state index is 12.3. The molecular weight excluding hydrogens is 342 g/mol. The maximum Gasteiger partial charge on any atom is 0.214 e. The highest BCUT2D eigenvalue weighted by Gasteiger charge is 2.35. The SMILES string of the molecule is CCNS(=O)(=O)C1CCOCC1Cc1ccc(Br)cc1. The van der Waals surface area contributed by atoms with Gasteiger partial charge < -0.3 is 4.74 Å². The van der Waals surface area contributed by atoms with E-state index in [4.69, 9.17) is 4.74 Å². The lowest BCUT2D eigenvalue weighted by atomic mass is 9.94. The molecule has 1 aliphatic rings. The normalized spacial score (nSPS) is 23.7. The van der Waals surface area contributed by atoms with E-state index in [0.717, 1.165) is 16.5 Å². The second-order valence-corrected chi connectivity index (χ2v) is 7.94. The Morgan fingerprint density at radius 3 is 2.70 bits per heavy atom. The molecule has 1 N–H and O–H groups in total. The molecule has 0 radical (unpaired) electrons. The monoisotopic (exact) mass is 361 g/mol. The average Bonchev–Trinajstić information content (AvgIpc) is 2.42. The van der Waals surface area contributed by atoms with Crippen LogP contribution in [0.15, 0.2) is 28.7 Å². The Kier molecular flexibility index (Phi) is 5.60. The molecule has 6 heteroatoms. The summed E-state index contributed by atoms with van der Waals surface area (Å²) in [6.07, 6.45) is 1.29. The molecule has 1 saturated heterocycles. The number of benzene rings is 1. The van der Waals surface area contributed by atoms with Crippen molar-refractivity contribution in [3.05, 3.63) is 34.3 Å². The summed E-state index contributed by atoms with van der Waals surface area (Å²) in [6.45, 7) is 3.27. The van der Waals surface area contributed by atoms with Crippen LogP contribution in [0.25, 0.3) is 0 Å². The second kappa shape index (κ2) is 7.02. The number of halogens is 1. The van der Waals surface area contributed by atoms with Crippen molar-refractivity contribution >= 4 is 26.0 Å². The summed E-state index contributed by atoms with van der Waals surface area (Å²) in [5.74, 6) is 0.00831. The van der Waals surface area contributed by atoms with Crippen molar-refractivity contribution in [2.45, 2.75) is 25.0 Å². The molecule has 1 heterocycles. The van der Waals surface area contributed by atoms with Gasteiger partial charge in [-0.05, 0) is 30.5 Å². The van der Waals surface area contributed by atoms with Crippen LogP contribution in [-0.2, 0) is 21.2 Å². The lowest BCUT2D eigenvalue weighted by molar-refractivity contribution is 0.0570. The van der Waals surface area contributed by atoms with Gasteiger partial charge in [-0.15, -0.1) is 0 Å². The molecule has 0 amide bonds. The molecule has 0 spiro atoms. The van der Waals surface area contributed by atoms with Crippen molar-refractivity contribution in [3.8, 4) is 0 Å². The number of rotatable bonds is 5. The first-order valence-corrected chi connectivity index (χ1v) is 9.17. The first-order valence-electron chi connectivity index (χ1n) is 6.83. The summed E-state index contributed by atoms with van der Waals surface area (Å²) < 4.78 is 33.7. The third-order valence-corrected chi connectivity index (χ3v) is 6.20. The summed E-state index contributed by atoms with van der Waals surface area (Å²) in [5, 5.41) is -0.361. The van der Waals surface area contributed by atoms with Crippen molar-refractivity contribution in [2.24, 2.45) is 5.92 Å². The number of hydrogen-bond donors (Lipinski definition) is 1. The second-order valence-electron chi connectivity index (χ2n) is 5.04. The Labute approximate surface area is 129 Å². The fourth-order valence-electron chi connectivity index (χ4n) is 2.61. The van der Waals surface area contributed by atoms with Gasteiger partial charge in [0.05, 0.1) is 11.9 Å². The van der Waals surface area contributed by atoms with Gasteiger partial charge >= 0.3 is 0 Å². The molecule has 4 nitrogen and oxygen atoms in total. The molecule has 1 aliphatic heterocycles. The van der Waals surface area contributed by atoms with E-state index >= 15 is 0 Å². The average molecular weight is 362 g/mol. The quantitative estimate of drug-likeness (QED) is 0.875. The lowest BCUT2D eigenvalue weighted by Crippen LogP contribution is -2.44. The Balaban J connectivity index is 2.13. The van der Waals surface area contributed by atoms with Crippen molar-refractivity contribution in [1.29, 1.82) is 0 Å². The van der Waals surface area contributed by atoms with Gasteiger partial charge in [0, 0.05) is 23.5 Å². The molecule has 0 bridgehead atoms. The molecule has 0 aliphatic carbocycles. The smallest absolute Gasteiger partial charge is 0.214 e. The van der Waals surface area contributed by atoms with E-state index < -0.39 is 10.0 Å². The molecule has 0 saturated carbocycles. The van der Waals surface area contributed by atoms with Crippen molar-refractivity contribution in [3.63, 3.8) is 0 Å². The minimum atomic E-state index is -3.25. The molecule has 2 atom stereocenters. The zero-order chi connectivity index (χ0) is 14.6. The van der Waals surface area contributed by atoms with E-state index in [0.29, 0.717) is 26.2 Å². The number of hydrogen-bond acceptors (Lipinski definition) is 3. The lowest BCUT2D eigenvalue weighted by Gasteiger charge is -2.31. The molecule has 0 aromatic heterocycles. The molecule has 2 unspecified atom stereocenters. The van der Waals surface area contributed by atoms with Crippen LogP contribution in [0.5, 0.6) is 0 Å². The highest BCUT2D eigenvalue weighted by Crippen LogP contribution is 2.25. The Morgan fingerprint density at radius 2 is 2.05 bits per heavy atom. The van der Waals surface area contributed by atoms with E-state index in [1.54, 1.807) is 6.92 Å². The minimum absolute atomic E-state index is 0.00831. The summed E-state index contributed by atoms with van der Waals surface area (Å²) in [6, 6.07) is 8.00. The van der Waals surface area contributed by atoms with Gasteiger partial charge in [-0.3, -0.25) is 0 Å². The van der Waals surface area contributed by atoms with Crippen LogP contribution in [0.3, 0.4) is 0 Å². The highest BCUT2D eigenvalue weighted by atomic mass is 79.9. The Bertz CT molecular complexity index is 530. The predicted molar refractivity (Wildman–Crippen MR) is 83.2 cm³/mol. The zero-order valence-corrected chi connectivity index (χ0v) is 13.9. The maximum atomic E-state index is 12.3. The van der Waals surface area contributed by atoms with E-state index in [2.05, 4.69) is 20.7 Å². The van der Waals surface area contributed by atoms with Gasteiger partial charge in [0.15, 0.2) is 0 Å². The molecule has 1 fully saturated rings. The van der Waals surface area contributed by atoms with E-state index in [1.165, 1.54) is 0 Å². The first-order chi connectivity index (χ1) is 9.53. The fourth-order valence-corrected chi connectivity index (χ4v) is 4.58. The van der Waals surface area contributed by atoms with Crippen LogP contribution in [0.1, 0.15) is 18.9 Å². The van der Waals surface area contributed by atoms with Crippen LogP contribution >= 0.6 is 15.9 Å². The van der Waals surface area contributed by atoms with Crippen LogP contribution in [0.2, 0.25) is 0 Å². The highest BCUT2D eigenvalue weighted by molar-refractivity contribution is 9.10. The van der Waals surface area contributed by atoms with Crippen molar-refractivity contribution < 1.29 is 13.2 Å². The molecular formula is C14H20BrNO3S. The standard InChI is InChI=1S/C14H20BrNO3S/c1-2-16-20(17,18)14-7-8-19-10-12(14)9-11-3-5-13(15)6-4-11/h3-6,12,14,16H,2,7-10H2,1H3. The van der Waals surface area contributed by atoms with E-state index in [9.17, 15) is 8.42 Å². The zero-order valence-electron chi connectivity index (χ0n) is 11.5. The van der Waals surface area contributed by atoms with E-state index in [1.807, 2.05) is 24.3 Å². The van der Waals surface area contributed by atoms with Gasteiger partial charge in [0.2, 0.25) is 10.0 Å². The number of ether oxygens (including phenoxy) is 1. The molecule has 20 heavy (non-hydrogen) atoms. The Morgan fingerprint density at radius 1 is 1.35 bits per heavy atom. The van der Waals surface area contributed by atoms with E-state index in [-0.39, 0.29) is 11.2 Å². The predicted octanol–water partition coefficient (Wildman–Crippen LogP) is 2.34. The third kappa shape index (κ3) is 4.04. The number of nitrogens with one attached hydrogen (secondary N) is 1. The molecule has 112 valence electrons. The molecule has 1 aromatic carbocycles. The van der Waals surface area contributed by atoms with Gasteiger partial charge in [-0.25, -0.2) is 13.1 Å². The minimum Gasteiger partial charge on any atom is -0.381 e.